The zero-order chi connectivity index (χ0) is 20.8. The smallest absolute Gasteiger partial charge is 0.222 e. The number of morpholine rings is 1. The first-order valence-corrected chi connectivity index (χ1v) is 10.2. The van der Waals surface area contributed by atoms with E-state index in [-0.39, 0.29) is 12.0 Å². The number of ether oxygens (including phenoxy) is 1. The molecular weight excluding hydrogens is 380 g/mol. The number of imidazole rings is 1. The predicted octanol–water partition coefficient (Wildman–Crippen LogP) is 3.11. The van der Waals surface area contributed by atoms with E-state index in [1.54, 1.807) is 18.6 Å². The van der Waals surface area contributed by atoms with Crippen LogP contribution in [0.2, 0.25) is 0 Å². The molecule has 0 unspecified atom stereocenters. The lowest BCUT2D eigenvalue weighted by Crippen LogP contribution is -2.42. The molecule has 0 saturated carbocycles. The Bertz CT molecular complexity index is 957. The normalized spacial score (nSPS) is 16.4. The number of carbonyl (C=O) groups excluding carboxylic acids is 1. The minimum absolute atomic E-state index is 0.162. The Morgan fingerprint density at radius 2 is 2.13 bits per heavy atom. The third-order valence-corrected chi connectivity index (χ3v) is 5.19. The molecule has 1 amide bonds. The summed E-state index contributed by atoms with van der Waals surface area (Å²) in [5.74, 6) is 1.90. The molecule has 156 valence electrons. The second kappa shape index (κ2) is 9.49. The second-order valence-corrected chi connectivity index (χ2v) is 7.28. The second-order valence-electron chi connectivity index (χ2n) is 7.28. The fourth-order valence-corrected chi connectivity index (χ4v) is 3.51. The maximum absolute atomic E-state index is 12.7. The summed E-state index contributed by atoms with van der Waals surface area (Å²) < 4.78 is 7.95. The molecule has 4 rings (SSSR count). The van der Waals surface area contributed by atoms with Gasteiger partial charge in [0.1, 0.15) is 17.7 Å². The van der Waals surface area contributed by atoms with E-state index in [0.29, 0.717) is 26.1 Å². The molecule has 1 aliphatic rings. The molecule has 1 atom stereocenters. The van der Waals surface area contributed by atoms with E-state index in [2.05, 4.69) is 24.8 Å². The topological polar surface area (TPSA) is 85.2 Å². The van der Waals surface area contributed by atoms with Crippen LogP contribution < -0.4 is 5.32 Å². The van der Waals surface area contributed by atoms with E-state index in [0.717, 1.165) is 36.0 Å². The fraction of sp³-hybridized carbons (Fsp3) is 0.364. The molecule has 1 saturated heterocycles. The first kappa shape index (κ1) is 20.0. The van der Waals surface area contributed by atoms with Crippen molar-refractivity contribution in [1.82, 2.24) is 24.4 Å². The van der Waals surface area contributed by atoms with E-state index in [1.807, 2.05) is 48.4 Å². The average molecular weight is 406 g/mol. The van der Waals surface area contributed by atoms with Gasteiger partial charge in [-0.25, -0.2) is 9.97 Å². The summed E-state index contributed by atoms with van der Waals surface area (Å²) >= 11 is 0. The number of aryl methyl sites for hydroxylation is 2. The molecule has 1 aliphatic heterocycles. The lowest BCUT2D eigenvalue weighted by Gasteiger charge is -2.32. The summed E-state index contributed by atoms with van der Waals surface area (Å²) in [5, 5.41) is 3.21. The van der Waals surface area contributed by atoms with Crippen molar-refractivity contribution in [1.29, 1.82) is 0 Å². The molecule has 30 heavy (non-hydrogen) atoms. The van der Waals surface area contributed by atoms with Gasteiger partial charge in [-0.2, -0.15) is 0 Å². The Labute approximate surface area is 175 Å². The third kappa shape index (κ3) is 5.01. The summed E-state index contributed by atoms with van der Waals surface area (Å²) in [6, 6.07) is 9.59. The molecule has 8 nitrogen and oxygen atoms in total. The molecular formula is C22H26N6O2. The SMILES string of the molecule is Cc1nccn1CCCC(=O)N1CCO[C@H](c2ccc(Nc3ccccn3)cn2)C1. The van der Waals surface area contributed by atoms with Crippen molar-refractivity contribution < 1.29 is 9.53 Å². The number of nitrogens with zero attached hydrogens (tertiary/aromatic N) is 5. The van der Waals surface area contributed by atoms with Crippen molar-refractivity contribution in [2.75, 3.05) is 25.0 Å². The lowest BCUT2D eigenvalue weighted by molar-refractivity contribution is -0.139. The van der Waals surface area contributed by atoms with Crippen molar-refractivity contribution >= 4 is 17.4 Å². The van der Waals surface area contributed by atoms with Gasteiger partial charge < -0.3 is 19.5 Å². The number of hydrogen-bond acceptors (Lipinski definition) is 6. The monoisotopic (exact) mass is 406 g/mol. The molecule has 0 aromatic carbocycles. The summed E-state index contributed by atoms with van der Waals surface area (Å²) in [4.78, 5) is 27.5. The van der Waals surface area contributed by atoms with E-state index >= 15 is 0 Å². The molecule has 0 bridgehead atoms. The van der Waals surface area contributed by atoms with Crippen LogP contribution in [0.1, 0.15) is 30.5 Å². The average Bonchev–Trinajstić information content (AvgIpc) is 3.20. The number of rotatable bonds is 7. The van der Waals surface area contributed by atoms with Gasteiger partial charge in [0, 0.05) is 38.1 Å². The van der Waals surface area contributed by atoms with Gasteiger partial charge in [0.05, 0.1) is 30.7 Å². The van der Waals surface area contributed by atoms with Crippen LogP contribution in [0.5, 0.6) is 0 Å². The summed E-state index contributed by atoms with van der Waals surface area (Å²) in [6.45, 7) is 4.45. The minimum atomic E-state index is -0.206. The number of nitrogens with one attached hydrogen (secondary N) is 1. The molecule has 0 radical (unpaired) electrons. The number of anilines is 2. The van der Waals surface area contributed by atoms with Crippen molar-refractivity contribution in [3.05, 3.63) is 66.6 Å². The Hall–Kier alpha value is -3.26. The highest BCUT2D eigenvalue weighted by Gasteiger charge is 2.26. The lowest BCUT2D eigenvalue weighted by atomic mass is 10.1. The van der Waals surface area contributed by atoms with E-state index in [4.69, 9.17) is 4.74 Å². The highest BCUT2D eigenvalue weighted by molar-refractivity contribution is 5.76. The molecule has 3 aromatic heterocycles. The number of hydrogen-bond donors (Lipinski definition) is 1. The maximum atomic E-state index is 12.7. The van der Waals surface area contributed by atoms with Gasteiger partial charge in [-0.3, -0.25) is 9.78 Å². The number of carbonyl (C=O) groups is 1. The number of aromatic nitrogens is 4. The van der Waals surface area contributed by atoms with Gasteiger partial charge in [-0.15, -0.1) is 0 Å². The van der Waals surface area contributed by atoms with Gasteiger partial charge in [0.15, 0.2) is 0 Å². The van der Waals surface area contributed by atoms with Crippen LogP contribution in [0, 0.1) is 6.92 Å². The van der Waals surface area contributed by atoms with E-state index < -0.39 is 0 Å². The highest BCUT2D eigenvalue weighted by Crippen LogP contribution is 2.23. The first-order chi connectivity index (χ1) is 14.7. The van der Waals surface area contributed by atoms with Gasteiger partial charge in [0.25, 0.3) is 0 Å². The summed E-state index contributed by atoms with van der Waals surface area (Å²) in [6.07, 6.45) is 8.34. The van der Waals surface area contributed by atoms with Crippen LogP contribution >= 0.6 is 0 Å². The molecule has 1 fully saturated rings. The molecule has 1 N–H and O–H groups in total. The predicted molar refractivity (Wildman–Crippen MR) is 113 cm³/mol. The van der Waals surface area contributed by atoms with E-state index in [1.165, 1.54) is 0 Å². The Balaban J connectivity index is 1.29. The van der Waals surface area contributed by atoms with Crippen LogP contribution in [0.3, 0.4) is 0 Å². The van der Waals surface area contributed by atoms with Crippen LogP contribution in [-0.2, 0) is 16.1 Å². The van der Waals surface area contributed by atoms with Crippen LogP contribution in [-0.4, -0.2) is 50.0 Å². The maximum Gasteiger partial charge on any atom is 0.222 e. The summed E-state index contributed by atoms with van der Waals surface area (Å²) in [5.41, 5.74) is 1.68. The minimum Gasteiger partial charge on any atom is -0.368 e. The zero-order valence-corrected chi connectivity index (χ0v) is 17.1. The first-order valence-electron chi connectivity index (χ1n) is 10.2. The Kier molecular flexibility index (Phi) is 6.34. The van der Waals surface area contributed by atoms with Crippen LogP contribution in [0.25, 0.3) is 0 Å². The number of pyridine rings is 2. The summed E-state index contributed by atoms with van der Waals surface area (Å²) in [7, 11) is 0. The van der Waals surface area contributed by atoms with Gasteiger partial charge >= 0.3 is 0 Å². The molecule has 3 aromatic rings. The molecule has 0 aliphatic carbocycles. The third-order valence-electron chi connectivity index (χ3n) is 5.19. The van der Waals surface area contributed by atoms with Gasteiger partial charge in [-0.1, -0.05) is 6.07 Å². The largest absolute Gasteiger partial charge is 0.368 e. The quantitative estimate of drug-likeness (QED) is 0.649. The van der Waals surface area contributed by atoms with Gasteiger partial charge in [0.2, 0.25) is 5.91 Å². The zero-order valence-electron chi connectivity index (χ0n) is 17.1. The van der Waals surface area contributed by atoms with Crippen LogP contribution in [0.4, 0.5) is 11.5 Å². The van der Waals surface area contributed by atoms with Crippen molar-refractivity contribution in [3.63, 3.8) is 0 Å². The van der Waals surface area contributed by atoms with Crippen molar-refractivity contribution in [3.8, 4) is 0 Å². The fourth-order valence-electron chi connectivity index (χ4n) is 3.51. The van der Waals surface area contributed by atoms with Crippen molar-refractivity contribution in [2.45, 2.75) is 32.4 Å². The van der Waals surface area contributed by atoms with Gasteiger partial charge in [-0.05, 0) is 37.6 Å². The van der Waals surface area contributed by atoms with Crippen molar-refractivity contribution in [2.24, 2.45) is 0 Å². The molecule has 4 heterocycles. The van der Waals surface area contributed by atoms with Crippen LogP contribution in [0.15, 0.2) is 55.1 Å². The Morgan fingerprint density at radius 1 is 1.20 bits per heavy atom. The molecule has 8 heteroatoms. The van der Waals surface area contributed by atoms with E-state index in [9.17, 15) is 4.79 Å². The molecule has 0 spiro atoms. The Morgan fingerprint density at radius 3 is 2.87 bits per heavy atom. The highest BCUT2D eigenvalue weighted by atomic mass is 16.5. The number of amides is 1. The standard InChI is InChI=1S/C22H26N6O2/c1-17-23-10-12-27(17)11-4-6-22(29)28-13-14-30-20(16-28)19-8-7-18(15-25-19)26-21-5-2-3-9-24-21/h2-3,5,7-10,12,15,20H,4,6,11,13-14,16H2,1H3,(H,24,26)/t20-/m0/s1.